The van der Waals surface area contributed by atoms with E-state index >= 15 is 0 Å². The maximum absolute atomic E-state index is 13.5. The van der Waals surface area contributed by atoms with Crippen LogP contribution in [-0.4, -0.2) is 47.1 Å². The molecule has 6 nitrogen and oxygen atoms in total. The van der Waals surface area contributed by atoms with Crippen LogP contribution in [0.5, 0.6) is 0 Å². The van der Waals surface area contributed by atoms with Gasteiger partial charge in [0.05, 0.1) is 13.2 Å². The number of nitrogens with one attached hydrogen (secondary N) is 1. The Kier molecular flexibility index (Phi) is 7.00. The molecule has 2 aromatic carbocycles. The van der Waals surface area contributed by atoms with Gasteiger partial charge in [-0.3, -0.25) is 14.8 Å². The molecule has 3 heterocycles. The standard InChI is InChI=1S/C29H30N4O2/c1-21-2-4-26(16-28(21)32-17-22-6-9-30-10-7-22)29(34)33-12-13-35-20-24(19-33)14-23-3-5-25-8-11-31-18-27(25)15-23/h2-11,15-16,18,24,32H,12-14,17,19-20H2,1H3/t24-/m1/s1. The van der Waals surface area contributed by atoms with Gasteiger partial charge in [-0.05, 0) is 71.8 Å². The molecule has 0 radical (unpaired) electrons. The van der Waals surface area contributed by atoms with Crippen molar-refractivity contribution in [3.05, 3.63) is 102 Å². The predicted octanol–water partition coefficient (Wildman–Crippen LogP) is 4.88. The SMILES string of the molecule is Cc1ccc(C(=O)N2CCOC[C@H](Cc3ccc4ccncc4c3)C2)cc1NCc1ccncc1. The molecule has 0 unspecified atom stereocenters. The molecule has 1 atom stereocenters. The molecular weight excluding hydrogens is 436 g/mol. The van der Waals surface area contributed by atoms with Crippen LogP contribution >= 0.6 is 0 Å². The van der Waals surface area contributed by atoms with Crippen LogP contribution in [-0.2, 0) is 17.7 Å². The van der Waals surface area contributed by atoms with Gasteiger partial charge >= 0.3 is 0 Å². The second-order valence-electron chi connectivity index (χ2n) is 9.19. The lowest BCUT2D eigenvalue weighted by molar-refractivity contribution is 0.0737. The molecule has 35 heavy (non-hydrogen) atoms. The zero-order valence-corrected chi connectivity index (χ0v) is 20.0. The number of benzene rings is 2. The van der Waals surface area contributed by atoms with Crippen molar-refractivity contribution in [2.75, 3.05) is 31.6 Å². The maximum Gasteiger partial charge on any atom is 0.254 e. The minimum Gasteiger partial charge on any atom is -0.381 e. The monoisotopic (exact) mass is 466 g/mol. The Morgan fingerprint density at radius 3 is 2.74 bits per heavy atom. The first-order valence-corrected chi connectivity index (χ1v) is 12.1. The smallest absolute Gasteiger partial charge is 0.254 e. The highest BCUT2D eigenvalue weighted by atomic mass is 16.5. The highest BCUT2D eigenvalue weighted by Gasteiger charge is 2.24. The number of carbonyl (C=O) groups excluding carboxylic acids is 1. The van der Waals surface area contributed by atoms with E-state index in [4.69, 9.17) is 4.74 Å². The first-order valence-electron chi connectivity index (χ1n) is 12.1. The number of aromatic nitrogens is 2. The summed E-state index contributed by atoms with van der Waals surface area (Å²) in [7, 11) is 0. The first-order chi connectivity index (χ1) is 17.2. The summed E-state index contributed by atoms with van der Waals surface area (Å²) in [6.07, 6.45) is 8.15. The van der Waals surface area contributed by atoms with Crippen LogP contribution in [0.25, 0.3) is 10.8 Å². The number of carbonyl (C=O) groups is 1. The zero-order valence-electron chi connectivity index (χ0n) is 20.0. The fraction of sp³-hybridized carbons (Fsp3) is 0.276. The van der Waals surface area contributed by atoms with E-state index in [2.05, 4.69) is 40.4 Å². The lowest BCUT2D eigenvalue weighted by Crippen LogP contribution is -2.36. The van der Waals surface area contributed by atoms with Crippen molar-refractivity contribution in [2.45, 2.75) is 19.9 Å². The molecule has 2 aromatic heterocycles. The fourth-order valence-corrected chi connectivity index (χ4v) is 4.61. The molecule has 178 valence electrons. The Hall–Kier alpha value is -3.77. The van der Waals surface area contributed by atoms with Crippen LogP contribution in [0, 0.1) is 12.8 Å². The number of rotatable bonds is 6. The third-order valence-corrected chi connectivity index (χ3v) is 6.57. The number of hydrogen-bond donors (Lipinski definition) is 1. The van der Waals surface area contributed by atoms with Gasteiger partial charge in [0.15, 0.2) is 0 Å². The summed E-state index contributed by atoms with van der Waals surface area (Å²) in [5, 5.41) is 5.79. The van der Waals surface area contributed by atoms with Crippen molar-refractivity contribution >= 4 is 22.4 Å². The second-order valence-corrected chi connectivity index (χ2v) is 9.19. The number of amides is 1. The Labute approximate surface area is 206 Å². The largest absolute Gasteiger partial charge is 0.381 e. The summed E-state index contributed by atoms with van der Waals surface area (Å²) >= 11 is 0. The van der Waals surface area contributed by atoms with Gasteiger partial charge in [-0.25, -0.2) is 0 Å². The topological polar surface area (TPSA) is 67.4 Å². The number of pyridine rings is 2. The highest BCUT2D eigenvalue weighted by molar-refractivity contribution is 5.95. The number of aryl methyl sites for hydroxylation is 1. The Morgan fingerprint density at radius 1 is 1.00 bits per heavy atom. The molecular formula is C29H30N4O2. The number of nitrogens with zero attached hydrogens (tertiary/aromatic N) is 3. The van der Waals surface area contributed by atoms with E-state index in [0.29, 0.717) is 38.4 Å². The lowest BCUT2D eigenvalue weighted by Gasteiger charge is -2.24. The van der Waals surface area contributed by atoms with Crippen molar-refractivity contribution < 1.29 is 9.53 Å². The zero-order chi connectivity index (χ0) is 24.0. The fourth-order valence-electron chi connectivity index (χ4n) is 4.61. The van der Waals surface area contributed by atoms with Gasteiger partial charge in [0.2, 0.25) is 0 Å². The minimum absolute atomic E-state index is 0.0511. The van der Waals surface area contributed by atoms with Crippen molar-refractivity contribution in [3.63, 3.8) is 0 Å². The molecule has 0 aliphatic carbocycles. The lowest BCUT2D eigenvalue weighted by atomic mass is 9.97. The average Bonchev–Trinajstić information content (AvgIpc) is 3.14. The molecule has 1 aliphatic rings. The van der Waals surface area contributed by atoms with Crippen molar-refractivity contribution in [2.24, 2.45) is 5.92 Å². The summed E-state index contributed by atoms with van der Waals surface area (Å²) in [6, 6.07) is 18.4. The van der Waals surface area contributed by atoms with Crippen LogP contribution in [0.15, 0.2) is 79.4 Å². The van der Waals surface area contributed by atoms with E-state index in [1.807, 2.05) is 53.7 Å². The maximum atomic E-state index is 13.5. The quantitative estimate of drug-likeness (QED) is 0.439. The summed E-state index contributed by atoms with van der Waals surface area (Å²) < 4.78 is 5.89. The van der Waals surface area contributed by atoms with Gasteiger partial charge in [-0.2, -0.15) is 0 Å². The van der Waals surface area contributed by atoms with Crippen LogP contribution in [0.4, 0.5) is 5.69 Å². The molecule has 0 spiro atoms. The van der Waals surface area contributed by atoms with Gasteiger partial charge in [0, 0.05) is 67.0 Å². The molecule has 1 amide bonds. The predicted molar refractivity (Wildman–Crippen MR) is 138 cm³/mol. The Bertz CT molecular complexity index is 1310. The average molecular weight is 467 g/mol. The van der Waals surface area contributed by atoms with E-state index in [9.17, 15) is 4.79 Å². The third kappa shape index (κ3) is 5.66. The number of hydrogen-bond acceptors (Lipinski definition) is 5. The van der Waals surface area contributed by atoms with E-state index < -0.39 is 0 Å². The Balaban J connectivity index is 1.28. The van der Waals surface area contributed by atoms with Gasteiger partial charge < -0.3 is 15.0 Å². The summed E-state index contributed by atoms with van der Waals surface area (Å²) in [6.45, 7) is 5.23. The van der Waals surface area contributed by atoms with Crippen molar-refractivity contribution in [1.29, 1.82) is 0 Å². The van der Waals surface area contributed by atoms with Gasteiger partial charge in [0.25, 0.3) is 5.91 Å². The van der Waals surface area contributed by atoms with Gasteiger partial charge in [-0.15, -0.1) is 0 Å². The number of anilines is 1. The normalized spacial score (nSPS) is 16.1. The van der Waals surface area contributed by atoms with Crippen molar-refractivity contribution in [1.82, 2.24) is 14.9 Å². The number of fused-ring (bicyclic) bond motifs is 1. The molecule has 6 heteroatoms. The molecule has 4 aromatic rings. The van der Waals surface area contributed by atoms with E-state index in [-0.39, 0.29) is 11.8 Å². The Morgan fingerprint density at radius 2 is 1.86 bits per heavy atom. The van der Waals surface area contributed by atoms with Crippen molar-refractivity contribution in [3.8, 4) is 0 Å². The van der Waals surface area contributed by atoms with Crippen LogP contribution in [0.3, 0.4) is 0 Å². The summed E-state index contributed by atoms with van der Waals surface area (Å²) in [4.78, 5) is 23.7. The molecule has 0 bridgehead atoms. The summed E-state index contributed by atoms with van der Waals surface area (Å²) in [5.74, 6) is 0.292. The molecule has 1 fully saturated rings. The molecule has 1 saturated heterocycles. The molecule has 1 N–H and O–H groups in total. The van der Waals surface area contributed by atoms with E-state index in [0.717, 1.165) is 28.6 Å². The third-order valence-electron chi connectivity index (χ3n) is 6.57. The second kappa shape index (κ2) is 10.7. The number of ether oxygens (including phenoxy) is 1. The van der Waals surface area contributed by atoms with Gasteiger partial charge in [-0.1, -0.05) is 18.2 Å². The molecule has 1 aliphatic heterocycles. The van der Waals surface area contributed by atoms with E-state index in [1.165, 1.54) is 10.9 Å². The first kappa shape index (κ1) is 23.0. The highest BCUT2D eigenvalue weighted by Crippen LogP contribution is 2.22. The minimum atomic E-state index is 0.0511. The molecule has 0 saturated carbocycles. The van der Waals surface area contributed by atoms with Crippen LogP contribution < -0.4 is 5.32 Å². The van der Waals surface area contributed by atoms with Gasteiger partial charge in [0.1, 0.15) is 0 Å². The molecule has 5 rings (SSSR count). The summed E-state index contributed by atoms with van der Waals surface area (Å²) in [5.41, 5.74) is 5.17. The van der Waals surface area contributed by atoms with Crippen LogP contribution in [0.1, 0.15) is 27.0 Å². The van der Waals surface area contributed by atoms with Crippen LogP contribution in [0.2, 0.25) is 0 Å². The van der Waals surface area contributed by atoms with E-state index in [1.54, 1.807) is 12.4 Å².